The predicted octanol–water partition coefficient (Wildman–Crippen LogP) is 17.6. The average Bonchev–Trinajstić information content (AvgIpc) is 3.31. The smallest absolute Gasteiger partial charge is 0.306 e. The molecule has 0 aliphatic carbocycles. The van der Waals surface area contributed by atoms with Gasteiger partial charge in [0.15, 0.2) is 0 Å². The van der Waals surface area contributed by atoms with Crippen LogP contribution in [0, 0.1) is 0 Å². The van der Waals surface area contributed by atoms with Gasteiger partial charge in [-0.25, -0.2) is 0 Å². The van der Waals surface area contributed by atoms with Crippen LogP contribution in [0.5, 0.6) is 0 Å². The van der Waals surface area contributed by atoms with E-state index in [4.69, 9.17) is 4.74 Å². The zero-order chi connectivity index (χ0) is 48.1. The van der Waals surface area contributed by atoms with Gasteiger partial charge in [0.05, 0.1) is 25.2 Å². The second-order valence-corrected chi connectivity index (χ2v) is 19.3. The molecule has 0 heterocycles. The highest BCUT2D eigenvalue weighted by Crippen LogP contribution is 2.18. The molecular formula is C60H109NO5. The highest BCUT2D eigenvalue weighted by Gasteiger charge is 2.24. The minimum Gasteiger partial charge on any atom is -0.462 e. The molecule has 3 N–H and O–H groups in total. The molecular weight excluding hydrogens is 815 g/mol. The lowest BCUT2D eigenvalue weighted by molar-refractivity contribution is -0.150. The summed E-state index contributed by atoms with van der Waals surface area (Å²) in [5, 5.41) is 23.9. The lowest BCUT2D eigenvalue weighted by Crippen LogP contribution is -2.46. The molecule has 0 fully saturated rings. The van der Waals surface area contributed by atoms with Gasteiger partial charge in [-0.15, -0.1) is 0 Å². The topological polar surface area (TPSA) is 95.9 Å². The van der Waals surface area contributed by atoms with Crippen molar-refractivity contribution in [3.8, 4) is 0 Å². The predicted molar refractivity (Wildman–Crippen MR) is 287 cm³/mol. The number of ether oxygens (including phenoxy) is 1. The molecule has 0 aliphatic heterocycles. The second-order valence-electron chi connectivity index (χ2n) is 19.3. The van der Waals surface area contributed by atoms with Crippen LogP contribution in [0.25, 0.3) is 0 Å². The average molecular weight is 925 g/mol. The van der Waals surface area contributed by atoms with Gasteiger partial charge in [0.25, 0.3) is 0 Å². The molecule has 6 nitrogen and oxygen atoms in total. The van der Waals surface area contributed by atoms with Gasteiger partial charge in [-0.1, -0.05) is 274 Å². The molecule has 3 atom stereocenters. The number of hydrogen-bond donors (Lipinski definition) is 3. The first-order chi connectivity index (χ1) is 32.5. The van der Waals surface area contributed by atoms with Crippen molar-refractivity contribution in [3.63, 3.8) is 0 Å². The first-order valence-corrected chi connectivity index (χ1v) is 28.5. The van der Waals surface area contributed by atoms with Gasteiger partial charge in [0, 0.05) is 6.42 Å². The van der Waals surface area contributed by atoms with E-state index in [1.807, 2.05) is 6.08 Å². The van der Waals surface area contributed by atoms with Crippen LogP contribution >= 0.6 is 0 Å². The summed E-state index contributed by atoms with van der Waals surface area (Å²) >= 11 is 0. The molecule has 0 aromatic heterocycles. The van der Waals surface area contributed by atoms with Gasteiger partial charge in [0.2, 0.25) is 5.91 Å². The van der Waals surface area contributed by atoms with E-state index in [0.717, 1.165) is 70.6 Å². The van der Waals surface area contributed by atoms with Crippen LogP contribution in [-0.2, 0) is 14.3 Å². The third kappa shape index (κ3) is 48.0. The third-order valence-corrected chi connectivity index (χ3v) is 12.9. The van der Waals surface area contributed by atoms with Crippen LogP contribution in [0.1, 0.15) is 284 Å². The van der Waals surface area contributed by atoms with Gasteiger partial charge in [-0.05, 0) is 57.8 Å². The van der Waals surface area contributed by atoms with Crippen LogP contribution in [0.2, 0.25) is 0 Å². The Labute approximate surface area is 409 Å². The Morgan fingerprint density at radius 2 is 0.788 bits per heavy atom. The highest BCUT2D eigenvalue weighted by molar-refractivity contribution is 5.77. The highest BCUT2D eigenvalue weighted by atomic mass is 16.5. The van der Waals surface area contributed by atoms with Gasteiger partial charge in [0.1, 0.15) is 6.10 Å². The number of hydrogen-bond acceptors (Lipinski definition) is 5. The molecule has 0 aromatic rings. The number of carbonyl (C=O) groups is 2. The standard InChI is InChI=1S/C60H109NO5/c1-4-7-10-13-16-19-22-25-28-30-31-33-36-39-42-45-48-51-56(66-60(65)53-50-47-44-41-38-35-32-29-26-23-20-17-14-11-8-5-2)54-59(64)61-57(55-62)58(63)52-49-46-43-40-37-34-27-24-21-18-15-12-9-6-3/h8,11,17,20,26,29,35,38,44,47,56-58,62-63H,4-7,9-10,12-16,18-19,21-25,27-28,30-34,36-37,39-43,45-46,48-55H2,1-3H3,(H,61,64)/b11-8+,20-17+,29-26+,38-35+,47-44+. The summed E-state index contributed by atoms with van der Waals surface area (Å²) in [5.74, 6) is -0.561. The van der Waals surface area contributed by atoms with Gasteiger partial charge < -0.3 is 20.3 Å². The molecule has 0 saturated heterocycles. The third-order valence-electron chi connectivity index (χ3n) is 12.9. The quantitative estimate of drug-likeness (QED) is 0.0321. The number of amides is 1. The number of rotatable bonds is 51. The Bertz CT molecular complexity index is 1170. The number of aliphatic hydroxyl groups excluding tert-OH is 2. The van der Waals surface area contributed by atoms with E-state index in [2.05, 4.69) is 80.8 Å². The summed E-state index contributed by atoms with van der Waals surface area (Å²) in [6.07, 6.45) is 67.2. The van der Waals surface area contributed by atoms with Crippen molar-refractivity contribution in [2.45, 2.75) is 302 Å². The lowest BCUT2D eigenvalue weighted by atomic mass is 10.0. The molecule has 66 heavy (non-hydrogen) atoms. The van der Waals surface area contributed by atoms with E-state index in [-0.39, 0.29) is 31.3 Å². The van der Waals surface area contributed by atoms with E-state index in [1.54, 1.807) is 0 Å². The van der Waals surface area contributed by atoms with Crippen LogP contribution in [0.4, 0.5) is 0 Å². The van der Waals surface area contributed by atoms with Crippen molar-refractivity contribution in [1.29, 1.82) is 0 Å². The lowest BCUT2D eigenvalue weighted by Gasteiger charge is -2.24. The van der Waals surface area contributed by atoms with E-state index in [1.165, 1.54) is 161 Å². The maximum absolute atomic E-state index is 13.3. The summed E-state index contributed by atoms with van der Waals surface area (Å²) < 4.78 is 5.92. The minimum atomic E-state index is -0.800. The number of unbranched alkanes of at least 4 members (excludes halogenated alkanes) is 29. The molecule has 384 valence electrons. The molecule has 0 saturated carbocycles. The number of esters is 1. The largest absolute Gasteiger partial charge is 0.462 e. The Balaban J connectivity index is 4.65. The molecule has 3 unspecified atom stereocenters. The fraction of sp³-hybridized carbons (Fsp3) is 0.800. The zero-order valence-corrected chi connectivity index (χ0v) is 43.8. The first-order valence-electron chi connectivity index (χ1n) is 28.5. The molecule has 0 aromatic carbocycles. The molecule has 0 bridgehead atoms. The Hall–Kier alpha value is -2.44. The first kappa shape index (κ1) is 63.6. The van der Waals surface area contributed by atoms with Crippen LogP contribution in [0.15, 0.2) is 60.8 Å². The monoisotopic (exact) mass is 924 g/mol. The number of aliphatic hydroxyl groups is 2. The van der Waals surface area contributed by atoms with Gasteiger partial charge in [-0.2, -0.15) is 0 Å². The number of carbonyl (C=O) groups excluding carboxylic acids is 2. The number of nitrogens with one attached hydrogen (secondary N) is 1. The maximum Gasteiger partial charge on any atom is 0.306 e. The summed E-state index contributed by atoms with van der Waals surface area (Å²) in [6.45, 7) is 6.38. The Kier molecular flexibility index (Phi) is 51.5. The van der Waals surface area contributed by atoms with Crippen LogP contribution in [0.3, 0.4) is 0 Å². The van der Waals surface area contributed by atoms with Crippen molar-refractivity contribution in [2.24, 2.45) is 0 Å². The van der Waals surface area contributed by atoms with Crippen LogP contribution in [-0.4, -0.2) is 46.9 Å². The van der Waals surface area contributed by atoms with Crippen molar-refractivity contribution in [3.05, 3.63) is 60.8 Å². The molecule has 0 spiro atoms. The Morgan fingerprint density at radius 1 is 0.455 bits per heavy atom. The van der Waals surface area contributed by atoms with E-state index in [9.17, 15) is 19.8 Å². The summed E-state index contributed by atoms with van der Waals surface area (Å²) in [6, 6.07) is -0.716. The van der Waals surface area contributed by atoms with Crippen LogP contribution < -0.4 is 5.32 Å². The normalized spacial score (nSPS) is 13.6. The molecule has 0 radical (unpaired) electrons. The molecule has 6 heteroatoms. The van der Waals surface area contributed by atoms with Crippen molar-refractivity contribution in [1.82, 2.24) is 5.32 Å². The summed E-state index contributed by atoms with van der Waals surface area (Å²) in [5.41, 5.74) is 0. The van der Waals surface area contributed by atoms with Gasteiger partial charge >= 0.3 is 5.97 Å². The molecule has 1 amide bonds. The van der Waals surface area contributed by atoms with Crippen molar-refractivity contribution < 1.29 is 24.5 Å². The van der Waals surface area contributed by atoms with Crippen molar-refractivity contribution in [2.75, 3.05) is 6.61 Å². The molecule has 0 rings (SSSR count). The van der Waals surface area contributed by atoms with E-state index >= 15 is 0 Å². The fourth-order valence-corrected chi connectivity index (χ4v) is 8.60. The van der Waals surface area contributed by atoms with E-state index in [0.29, 0.717) is 19.3 Å². The maximum atomic E-state index is 13.3. The summed E-state index contributed by atoms with van der Waals surface area (Å²) in [4.78, 5) is 26.2. The number of allylic oxidation sites excluding steroid dienone is 10. The van der Waals surface area contributed by atoms with Crippen molar-refractivity contribution >= 4 is 11.9 Å². The minimum absolute atomic E-state index is 0.0499. The zero-order valence-electron chi connectivity index (χ0n) is 43.8. The second kappa shape index (κ2) is 53.5. The Morgan fingerprint density at radius 3 is 1.15 bits per heavy atom. The van der Waals surface area contributed by atoms with E-state index < -0.39 is 18.2 Å². The van der Waals surface area contributed by atoms with Gasteiger partial charge in [-0.3, -0.25) is 9.59 Å². The fourth-order valence-electron chi connectivity index (χ4n) is 8.60. The SMILES string of the molecule is CC/C=C/C/C=C/C/C=C/C/C=C/C/C=C/CCC(=O)OC(CCCCCCCCCCCCCCCCCCC)CC(=O)NC(CO)C(O)CCCCCCCCCCCCCCCC. The summed E-state index contributed by atoms with van der Waals surface area (Å²) in [7, 11) is 0. The molecule has 0 aliphatic rings.